The molecule has 0 fully saturated rings. The van der Waals surface area contributed by atoms with E-state index in [1.54, 1.807) is 0 Å². The lowest BCUT2D eigenvalue weighted by Gasteiger charge is -2.14. The quantitative estimate of drug-likeness (QED) is 0.445. The molecule has 1 aromatic carbocycles. The maximum absolute atomic E-state index is 9.84. The molecule has 1 unspecified atom stereocenters. The van der Waals surface area contributed by atoms with E-state index in [0.717, 1.165) is 27.3 Å². The molecule has 114 valence electrons. The molecular formula is C15H23ClINO2. The zero-order valence-corrected chi connectivity index (χ0v) is 14.8. The van der Waals surface area contributed by atoms with Crippen molar-refractivity contribution in [2.45, 2.75) is 38.7 Å². The molecule has 3 nitrogen and oxygen atoms in total. The number of aliphatic hydroxyl groups is 1. The summed E-state index contributed by atoms with van der Waals surface area (Å²) in [5.74, 6) is 0. The van der Waals surface area contributed by atoms with Crippen LogP contribution in [0.2, 0.25) is 5.02 Å². The molecule has 0 spiro atoms. The number of halogens is 2. The molecule has 1 rings (SSSR count). The van der Waals surface area contributed by atoms with Gasteiger partial charge < -0.3 is 15.2 Å². The third-order valence-corrected chi connectivity index (χ3v) is 4.04. The van der Waals surface area contributed by atoms with Gasteiger partial charge >= 0.3 is 0 Å². The average Bonchev–Trinajstić information content (AvgIpc) is 2.41. The Morgan fingerprint density at radius 2 is 2.15 bits per heavy atom. The zero-order valence-electron chi connectivity index (χ0n) is 11.9. The van der Waals surface area contributed by atoms with Crippen molar-refractivity contribution in [3.63, 3.8) is 0 Å². The summed E-state index contributed by atoms with van der Waals surface area (Å²) in [5, 5.41) is 13.8. The summed E-state index contributed by atoms with van der Waals surface area (Å²) in [6.07, 6.45) is 4.26. The van der Waals surface area contributed by atoms with E-state index in [-0.39, 0.29) is 0 Å². The Labute approximate surface area is 140 Å². The summed E-state index contributed by atoms with van der Waals surface area (Å²) in [6.45, 7) is 3.78. The maximum Gasteiger partial charge on any atom is 0.0945 e. The van der Waals surface area contributed by atoms with E-state index in [4.69, 9.17) is 16.3 Å². The summed E-state index contributed by atoms with van der Waals surface area (Å²) < 4.78 is 6.51. The lowest BCUT2D eigenvalue weighted by atomic mass is 10.2. The Hall–Kier alpha value is -0.0400. The van der Waals surface area contributed by atoms with E-state index in [0.29, 0.717) is 13.2 Å². The number of anilines is 1. The van der Waals surface area contributed by atoms with Gasteiger partial charge in [0.15, 0.2) is 0 Å². The van der Waals surface area contributed by atoms with E-state index in [9.17, 15) is 5.11 Å². The first-order valence-corrected chi connectivity index (χ1v) is 8.54. The molecule has 0 aliphatic carbocycles. The second-order valence-electron chi connectivity index (χ2n) is 4.79. The number of hydrogen-bond donors (Lipinski definition) is 2. The fourth-order valence-electron chi connectivity index (χ4n) is 1.77. The van der Waals surface area contributed by atoms with E-state index < -0.39 is 6.10 Å². The van der Waals surface area contributed by atoms with Gasteiger partial charge in [0.1, 0.15) is 0 Å². The molecule has 20 heavy (non-hydrogen) atoms. The third kappa shape index (κ3) is 7.67. The molecule has 0 radical (unpaired) electrons. The summed E-state index contributed by atoms with van der Waals surface area (Å²) in [7, 11) is 0. The predicted molar refractivity (Wildman–Crippen MR) is 93.6 cm³/mol. The van der Waals surface area contributed by atoms with E-state index in [1.807, 2.05) is 18.2 Å². The normalized spacial score (nSPS) is 12.4. The van der Waals surface area contributed by atoms with Gasteiger partial charge in [-0.15, -0.1) is 0 Å². The van der Waals surface area contributed by atoms with Gasteiger partial charge in [0.25, 0.3) is 0 Å². The largest absolute Gasteiger partial charge is 0.389 e. The first kappa shape index (κ1) is 18.0. The first-order valence-electron chi connectivity index (χ1n) is 7.08. The van der Waals surface area contributed by atoms with Crippen LogP contribution in [0.3, 0.4) is 0 Å². The Morgan fingerprint density at radius 1 is 1.35 bits per heavy atom. The van der Waals surface area contributed by atoms with Gasteiger partial charge in [-0.05, 0) is 47.2 Å². The number of unbranched alkanes of at least 4 members (excludes halogenated alkanes) is 3. The fourth-order valence-corrected chi connectivity index (χ4v) is 2.83. The van der Waals surface area contributed by atoms with Crippen LogP contribution in [-0.4, -0.2) is 31.0 Å². The van der Waals surface area contributed by atoms with Crippen molar-refractivity contribution < 1.29 is 9.84 Å². The standard InChI is InChI=1S/C15H23ClINO2/c1-2-3-4-5-8-20-11-13(19)10-18-15-7-6-12(16)9-14(15)17/h6-7,9,13,18-19H,2-5,8,10-11H2,1H3. The minimum atomic E-state index is -0.493. The topological polar surface area (TPSA) is 41.5 Å². The molecule has 0 aliphatic heterocycles. The molecule has 0 aromatic heterocycles. The SMILES string of the molecule is CCCCCCOCC(O)CNc1ccc(Cl)cc1I. The van der Waals surface area contributed by atoms with Crippen LogP contribution < -0.4 is 5.32 Å². The van der Waals surface area contributed by atoms with Gasteiger partial charge in [-0.25, -0.2) is 0 Å². The first-order chi connectivity index (χ1) is 9.63. The summed E-state index contributed by atoms with van der Waals surface area (Å²) >= 11 is 8.12. The van der Waals surface area contributed by atoms with Gasteiger partial charge in [-0.3, -0.25) is 0 Å². The summed E-state index contributed by atoms with van der Waals surface area (Å²) in [4.78, 5) is 0. The van der Waals surface area contributed by atoms with Gasteiger partial charge in [0.05, 0.1) is 12.7 Å². The lowest BCUT2D eigenvalue weighted by Crippen LogP contribution is -2.25. The van der Waals surface area contributed by atoms with Crippen molar-refractivity contribution in [3.8, 4) is 0 Å². The molecular weight excluding hydrogens is 389 g/mol. The van der Waals surface area contributed by atoms with E-state index >= 15 is 0 Å². The molecule has 0 heterocycles. The highest BCUT2D eigenvalue weighted by Crippen LogP contribution is 2.22. The number of hydrogen-bond acceptors (Lipinski definition) is 3. The van der Waals surface area contributed by atoms with Crippen molar-refractivity contribution in [1.29, 1.82) is 0 Å². The van der Waals surface area contributed by atoms with Crippen LogP contribution in [0.25, 0.3) is 0 Å². The van der Waals surface area contributed by atoms with Crippen molar-refractivity contribution in [2.75, 3.05) is 25.1 Å². The Morgan fingerprint density at radius 3 is 2.85 bits per heavy atom. The van der Waals surface area contributed by atoms with Crippen molar-refractivity contribution in [3.05, 3.63) is 26.8 Å². The van der Waals surface area contributed by atoms with Crippen molar-refractivity contribution in [2.24, 2.45) is 0 Å². The number of benzene rings is 1. The molecule has 5 heteroatoms. The second kappa shape index (κ2) is 10.7. The van der Waals surface area contributed by atoms with Crippen LogP contribution in [0, 0.1) is 3.57 Å². The molecule has 2 N–H and O–H groups in total. The molecule has 0 bridgehead atoms. The number of rotatable bonds is 10. The summed E-state index contributed by atoms with van der Waals surface area (Å²) in [6, 6.07) is 5.64. The van der Waals surface area contributed by atoms with Crippen LogP contribution >= 0.6 is 34.2 Å². The molecule has 0 saturated carbocycles. The Kier molecular flexibility index (Phi) is 9.59. The highest BCUT2D eigenvalue weighted by atomic mass is 127. The molecule has 0 saturated heterocycles. The minimum Gasteiger partial charge on any atom is -0.389 e. The van der Waals surface area contributed by atoms with E-state index in [1.165, 1.54) is 19.3 Å². The fraction of sp³-hybridized carbons (Fsp3) is 0.600. The second-order valence-corrected chi connectivity index (χ2v) is 6.39. The minimum absolute atomic E-state index is 0.378. The Bertz CT molecular complexity index is 390. The number of nitrogens with one attached hydrogen (secondary N) is 1. The maximum atomic E-state index is 9.84. The number of ether oxygens (including phenoxy) is 1. The van der Waals surface area contributed by atoms with E-state index in [2.05, 4.69) is 34.8 Å². The average molecular weight is 412 g/mol. The highest BCUT2D eigenvalue weighted by molar-refractivity contribution is 14.1. The molecule has 1 aromatic rings. The molecule has 0 aliphatic rings. The van der Waals surface area contributed by atoms with Crippen LogP contribution in [0.5, 0.6) is 0 Å². The van der Waals surface area contributed by atoms with Crippen LogP contribution in [0.15, 0.2) is 18.2 Å². The third-order valence-electron chi connectivity index (χ3n) is 2.91. The highest BCUT2D eigenvalue weighted by Gasteiger charge is 2.06. The predicted octanol–water partition coefficient (Wildman–Crippen LogP) is 4.31. The smallest absolute Gasteiger partial charge is 0.0945 e. The van der Waals surface area contributed by atoms with Gasteiger partial charge in [0.2, 0.25) is 0 Å². The number of aliphatic hydroxyl groups excluding tert-OH is 1. The van der Waals surface area contributed by atoms with Crippen molar-refractivity contribution in [1.82, 2.24) is 0 Å². The summed E-state index contributed by atoms with van der Waals surface area (Å²) in [5.41, 5.74) is 0.983. The Balaban J connectivity index is 2.14. The van der Waals surface area contributed by atoms with Gasteiger partial charge in [-0.2, -0.15) is 0 Å². The van der Waals surface area contributed by atoms with Crippen LogP contribution in [0.4, 0.5) is 5.69 Å². The van der Waals surface area contributed by atoms with Crippen LogP contribution in [-0.2, 0) is 4.74 Å². The van der Waals surface area contributed by atoms with Gasteiger partial charge in [0, 0.05) is 27.4 Å². The van der Waals surface area contributed by atoms with Crippen LogP contribution in [0.1, 0.15) is 32.6 Å². The van der Waals surface area contributed by atoms with Gasteiger partial charge in [-0.1, -0.05) is 37.8 Å². The van der Waals surface area contributed by atoms with Crippen molar-refractivity contribution >= 4 is 39.9 Å². The monoisotopic (exact) mass is 411 g/mol. The zero-order chi connectivity index (χ0) is 14.8. The molecule has 1 atom stereocenters. The molecule has 0 amide bonds. The lowest BCUT2D eigenvalue weighted by molar-refractivity contribution is 0.0416.